The number of benzene rings is 2. The zero-order valence-electron chi connectivity index (χ0n) is 11.2. The summed E-state index contributed by atoms with van der Waals surface area (Å²) in [6.45, 7) is 2.07. The van der Waals surface area contributed by atoms with E-state index in [2.05, 4.69) is 30.1 Å². The smallest absolute Gasteiger partial charge is 0.226 e. The molecule has 3 rings (SSSR count). The van der Waals surface area contributed by atoms with E-state index in [1.54, 1.807) is 11.8 Å². The second-order valence-corrected chi connectivity index (χ2v) is 5.60. The van der Waals surface area contributed by atoms with Crippen molar-refractivity contribution in [2.75, 3.05) is 0 Å². The van der Waals surface area contributed by atoms with E-state index < -0.39 is 0 Å². The number of thioether (sulfide) groups is 1. The first-order valence-corrected chi connectivity index (χ1v) is 7.50. The Morgan fingerprint density at radius 2 is 1.75 bits per heavy atom. The van der Waals surface area contributed by atoms with Crippen LogP contribution in [0.1, 0.15) is 11.3 Å². The standard InChI is InChI=1S/C17H15NOS/c1-13-7-5-6-10-16(13)17-18-11-14(19-17)12-20-15-8-3-2-4-9-15/h2-11H,12H2,1H3. The summed E-state index contributed by atoms with van der Waals surface area (Å²) in [7, 11) is 0. The summed E-state index contributed by atoms with van der Waals surface area (Å²) < 4.78 is 5.84. The molecule has 0 fully saturated rings. The number of nitrogens with zero attached hydrogens (tertiary/aromatic N) is 1. The Labute approximate surface area is 122 Å². The highest BCUT2D eigenvalue weighted by atomic mass is 32.2. The van der Waals surface area contributed by atoms with Gasteiger partial charge in [-0.2, -0.15) is 0 Å². The number of hydrogen-bond donors (Lipinski definition) is 0. The fraction of sp³-hybridized carbons (Fsp3) is 0.118. The Morgan fingerprint density at radius 3 is 2.55 bits per heavy atom. The number of oxazole rings is 1. The lowest BCUT2D eigenvalue weighted by Crippen LogP contribution is -1.81. The van der Waals surface area contributed by atoms with E-state index in [4.69, 9.17) is 4.42 Å². The second kappa shape index (κ2) is 5.97. The molecule has 3 aromatic rings. The van der Waals surface area contributed by atoms with Gasteiger partial charge in [-0.05, 0) is 30.7 Å². The first-order chi connectivity index (χ1) is 9.83. The molecular weight excluding hydrogens is 266 g/mol. The molecular formula is C17H15NOS. The van der Waals surface area contributed by atoms with Gasteiger partial charge in [-0.15, -0.1) is 11.8 Å². The molecule has 0 aliphatic rings. The van der Waals surface area contributed by atoms with Crippen LogP contribution in [0.4, 0.5) is 0 Å². The first kappa shape index (κ1) is 13.0. The summed E-state index contributed by atoms with van der Waals surface area (Å²) in [5.41, 5.74) is 2.24. The Bertz CT molecular complexity index is 691. The lowest BCUT2D eigenvalue weighted by Gasteiger charge is -2.00. The van der Waals surface area contributed by atoms with Crippen molar-refractivity contribution in [3.8, 4) is 11.5 Å². The summed E-state index contributed by atoms with van der Waals surface area (Å²) in [5, 5.41) is 0. The molecule has 0 spiro atoms. The molecule has 0 atom stereocenters. The minimum Gasteiger partial charge on any atom is -0.440 e. The van der Waals surface area contributed by atoms with Crippen LogP contribution in [0.15, 0.2) is 70.1 Å². The Morgan fingerprint density at radius 1 is 1.00 bits per heavy atom. The highest BCUT2D eigenvalue weighted by molar-refractivity contribution is 7.98. The average Bonchev–Trinajstić information content (AvgIpc) is 2.95. The third-order valence-corrected chi connectivity index (χ3v) is 4.09. The molecule has 0 radical (unpaired) electrons. The van der Waals surface area contributed by atoms with Gasteiger partial charge in [0.2, 0.25) is 5.89 Å². The lowest BCUT2D eigenvalue weighted by atomic mass is 10.1. The predicted molar refractivity (Wildman–Crippen MR) is 82.7 cm³/mol. The summed E-state index contributed by atoms with van der Waals surface area (Å²) in [6, 6.07) is 18.4. The van der Waals surface area contributed by atoms with Crippen LogP contribution < -0.4 is 0 Å². The highest BCUT2D eigenvalue weighted by Gasteiger charge is 2.08. The summed E-state index contributed by atoms with van der Waals surface area (Å²) >= 11 is 1.75. The first-order valence-electron chi connectivity index (χ1n) is 6.51. The van der Waals surface area contributed by atoms with Crippen molar-refractivity contribution in [2.24, 2.45) is 0 Å². The molecule has 0 saturated carbocycles. The molecule has 0 bridgehead atoms. The Balaban J connectivity index is 1.73. The third kappa shape index (κ3) is 2.94. The van der Waals surface area contributed by atoms with Crippen molar-refractivity contribution in [3.63, 3.8) is 0 Å². The largest absolute Gasteiger partial charge is 0.440 e. The van der Waals surface area contributed by atoms with Crippen LogP contribution in [-0.2, 0) is 5.75 Å². The Kier molecular flexibility index (Phi) is 3.88. The normalized spacial score (nSPS) is 10.7. The van der Waals surface area contributed by atoms with Gasteiger partial charge in [0, 0.05) is 10.5 Å². The van der Waals surface area contributed by atoms with Crippen LogP contribution in [0.25, 0.3) is 11.5 Å². The lowest BCUT2D eigenvalue weighted by molar-refractivity contribution is 0.538. The van der Waals surface area contributed by atoms with Crippen LogP contribution in [-0.4, -0.2) is 4.98 Å². The summed E-state index contributed by atoms with van der Waals surface area (Å²) in [6.07, 6.45) is 1.82. The molecule has 2 nitrogen and oxygen atoms in total. The molecule has 2 aromatic carbocycles. The fourth-order valence-corrected chi connectivity index (χ4v) is 2.77. The van der Waals surface area contributed by atoms with E-state index in [9.17, 15) is 0 Å². The van der Waals surface area contributed by atoms with Gasteiger partial charge in [0.1, 0.15) is 5.76 Å². The van der Waals surface area contributed by atoms with E-state index >= 15 is 0 Å². The molecule has 3 heteroatoms. The van der Waals surface area contributed by atoms with Gasteiger partial charge in [0.05, 0.1) is 11.9 Å². The number of hydrogen-bond acceptors (Lipinski definition) is 3. The van der Waals surface area contributed by atoms with Crippen LogP contribution in [0.3, 0.4) is 0 Å². The molecule has 0 amide bonds. The minimum absolute atomic E-state index is 0.701. The predicted octanol–water partition coefficient (Wildman–Crippen LogP) is 4.94. The van der Waals surface area contributed by atoms with E-state index in [0.29, 0.717) is 5.89 Å². The maximum absolute atomic E-state index is 5.84. The zero-order valence-corrected chi connectivity index (χ0v) is 12.1. The van der Waals surface area contributed by atoms with E-state index in [-0.39, 0.29) is 0 Å². The van der Waals surface area contributed by atoms with Crippen LogP contribution >= 0.6 is 11.8 Å². The maximum atomic E-state index is 5.84. The second-order valence-electron chi connectivity index (χ2n) is 4.55. The van der Waals surface area contributed by atoms with E-state index in [1.807, 2.05) is 42.6 Å². The van der Waals surface area contributed by atoms with Crippen molar-refractivity contribution < 1.29 is 4.42 Å². The molecule has 1 aromatic heterocycles. The summed E-state index contributed by atoms with van der Waals surface area (Å²) in [4.78, 5) is 5.62. The highest BCUT2D eigenvalue weighted by Crippen LogP contribution is 2.26. The van der Waals surface area contributed by atoms with Gasteiger partial charge in [-0.3, -0.25) is 0 Å². The average molecular weight is 281 g/mol. The molecule has 0 N–H and O–H groups in total. The van der Waals surface area contributed by atoms with Crippen molar-refractivity contribution in [1.29, 1.82) is 0 Å². The molecule has 100 valence electrons. The summed E-state index contributed by atoms with van der Waals surface area (Å²) in [5.74, 6) is 2.40. The van der Waals surface area contributed by atoms with Gasteiger partial charge in [0.15, 0.2) is 0 Å². The van der Waals surface area contributed by atoms with Crippen LogP contribution in [0.2, 0.25) is 0 Å². The van der Waals surface area contributed by atoms with Crippen molar-refractivity contribution >= 4 is 11.8 Å². The topological polar surface area (TPSA) is 26.0 Å². The SMILES string of the molecule is Cc1ccccc1-c1ncc(CSc2ccccc2)o1. The quantitative estimate of drug-likeness (QED) is 0.633. The van der Waals surface area contributed by atoms with Crippen molar-refractivity contribution in [2.45, 2.75) is 17.6 Å². The maximum Gasteiger partial charge on any atom is 0.226 e. The number of aryl methyl sites for hydroxylation is 1. The van der Waals surface area contributed by atoms with Crippen LogP contribution in [0, 0.1) is 6.92 Å². The zero-order chi connectivity index (χ0) is 13.8. The van der Waals surface area contributed by atoms with Gasteiger partial charge in [0.25, 0.3) is 0 Å². The van der Waals surface area contributed by atoms with Gasteiger partial charge in [-0.1, -0.05) is 36.4 Å². The third-order valence-electron chi connectivity index (χ3n) is 3.05. The molecule has 0 unspecified atom stereocenters. The number of aromatic nitrogens is 1. The van der Waals surface area contributed by atoms with Crippen molar-refractivity contribution in [3.05, 3.63) is 72.1 Å². The van der Waals surface area contributed by atoms with Gasteiger partial charge in [-0.25, -0.2) is 4.98 Å². The molecule has 0 saturated heterocycles. The van der Waals surface area contributed by atoms with E-state index in [1.165, 1.54) is 10.5 Å². The van der Waals surface area contributed by atoms with Crippen LogP contribution in [0.5, 0.6) is 0 Å². The molecule has 1 heterocycles. The molecule has 0 aliphatic heterocycles. The van der Waals surface area contributed by atoms with Gasteiger partial charge < -0.3 is 4.42 Å². The van der Waals surface area contributed by atoms with Crippen molar-refractivity contribution in [1.82, 2.24) is 4.98 Å². The number of rotatable bonds is 4. The Hall–Kier alpha value is -2.00. The molecule has 0 aliphatic carbocycles. The monoisotopic (exact) mass is 281 g/mol. The molecule has 20 heavy (non-hydrogen) atoms. The van der Waals surface area contributed by atoms with Gasteiger partial charge >= 0.3 is 0 Å². The minimum atomic E-state index is 0.701. The van der Waals surface area contributed by atoms with E-state index in [0.717, 1.165) is 17.1 Å². The fourth-order valence-electron chi connectivity index (χ4n) is 1.98.